The summed E-state index contributed by atoms with van der Waals surface area (Å²) in [6.45, 7) is 7.12. The average Bonchev–Trinajstić information content (AvgIpc) is 2.54. The van der Waals surface area contributed by atoms with Crippen LogP contribution in [0, 0.1) is 13.8 Å². The number of likely N-dealkylation sites (tertiary alicyclic amines) is 1. The summed E-state index contributed by atoms with van der Waals surface area (Å²) in [5, 5.41) is 5.63. The van der Waals surface area contributed by atoms with Gasteiger partial charge in [-0.05, 0) is 56.9 Å². The number of nitrogens with zero attached hydrogens (tertiary/aromatic N) is 1. The third kappa shape index (κ3) is 6.06. The van der Waals surface area contributed by atoms with E-state index >= 15 is 0 Å². The molecule has 7 nitrogen and oxygen atoms in total. The predicted molar refractivity (Wildman–Crippen MR) is 98.9 cm³/mol. The van der Waals surface area contributed by atoms with Gasteiger partial charge in [-0.1, -0.05) is 6.07 Å². The molecule has 0 saturated carbocycles. The molecule has 3 amide bonds. The van der Waals surface area contributed by atoms with E-state index in [-0.39, 0.29) is 30.4 Å². The minimum atomic E-state index is -0.337. The number of piperidine rings is 1. The van der Waals surface area contributed by atoms with Gasteiger partial charge in [0.2, 0.25) is 11.8 Å². The van der Waals surface area contributed by atoms with Crippen LogP contribution < -0.4 is 10.6 Å². The SMILES string of the molecule is CCOC(=O)N1CCC(NC(=O)CC(=O)Nc2cc(C)cc(C)c2)CC1. The molecule has 2 N–H and O–H groups in total. The number of hydrogen-bond acceptors (Lipinski definition) is 4. The van der Waals surface area contributed by atoms with Crippen LogP contribution in [0.25, 0.3) is 0 Å². The van der Waals surface area contributed by atoms with E-state index in [0.717, 1.165) is 11.1 Å². The van der Waals surface area contributed by atoms with Gasteiger partial charge in [0.05, 0.1) is 6.61 Å². The number of carbonyl (C=O) groups excluding carboxylic acids is 3. The molecule has 1 aromatic rings. The molecule has 1 heterocycles. The minimum Gasteiger partial charge on any atom is -0.450 e. The van der Waals surface area contributed by atoms with Gasteiger partial charge in [-0.2, -0.15) is 0 Å². The van der Waals surface area contributed by atoms with Gasteiger partial charge in [0.25, 0.3) is 0 Å². The number of carbonyl (C=O) groups is 3. The Hall–Kier alpha value is -2.57. The van der Waals surface area contributed by atoms with Gasteiger partial charge < -0.3 is 20.3 Å². The normalized spacial score (nSPS) is 14.7. The second-order valence-electron chi connectivity index (χ2n) is 6.63. The number of anilines is 1. The summed E-state index contributed by atoms with van der Waals surface area (Å²) in [5.74, 6) is -0.641. The third-order valence-electron chi connectivity index (χ3n) is 4.21. The molecule has 1 aliphatic heterocycles. The van der Waals surface area contributed by atoms with Gasteiger partial charge in [0, 0.05) is 24.8 Å². The molecular formula is C19H27N3O4. The van der Waals surface area contributed by atoms with E-state index in [4.69, 9.17) is 4.74 Å². The van der Waals surface area contributed by atoms with Crippen LogP contribution in [0.4, 0.5) is 10.5 Å². The Bertz CT molecular complexity index is 646. The van der Waals surface area contributed by atoms with Crippen molar-refractivity contribution < 1.29 is 19.1 Å². The number of amides is 3. The molecule has 0 aliphatic carbocycles. The standard InChI is InChI=1S/C19H27N3O4/c1-4-26-19(25)22-7-5-15(6-8-22)20-17(23)12-18(24)21-16-10-13(2)9-14(3)11-16/h9-11,15H,4-8,12H2,1-3H3,(H,20,23)(H,21,24). The molecule has 1 aromatic carbocycles. The van der Waals surface area contributed by atoms with Crippen LogP contribution in [0.5, 0.6) is 0 Å². The maximum Gasteiger partial charge on any atom is 0.409 e. The zero-order chi connectivity index (χ0) is 19.1. The molecule has 7 heteroatoms. The van der Waals surface area contributed by atoms with Crippen LogP contribution in [0.1, 0.15) is 37.3 Å². The highest BCUT2D eigenvalue weighted by Crippen LogP contribution is 2.14. The molecule has 0 bridgehead atoms. The highest BCUT2D eigenvalue weighted by Gasteiger charge is 2.25. The Labute approximate surface area is 154 Å². The van der Waals surface area contributed by atoms with Crippen LogP contribution in [-0.2, 0) is 14.3 Å². The molecular weight excluding hydrogens is 334 g/mol. The second-order valence-corrected chi connectivity index (χ2v) is 6.63. The highest BCUT2D eigenvalue weighted by molar-refractivity contribution is 6.03. The maximum absolute atomic E-state index is 12.1. The summed E-state index contributed by atoms with van der Waals surface area (Å²) >= 11 is 0. The topological polar surface area (TPSA) is 87.7 Å². The van der Waals surface area contributed by atoms with E-state index in [0.29, 0.717) is 38.2 Å². The van der Waals surface area contributed by atoms with E-state index in [2.05, 4.69) is 10.6 Å². The van der Waals surface area contributed by atoms with Gasteiger partial charge in [0.1, 0.15) is 6.42 Å². The average molecular weight is 361 g/mol. The van der Waals surface area contributed by atoms with Gasteiger partial charge in [-0.3, -0.25) is 9.59 Å². The van der Waals surface area contributed by atoms with Gasteiger partial charge in [-0.15, -0.1) is 0 Å². The quantitative estimate of drug-likeness (QED) is 0.788. The Morgan fingerprint density at radius 2 is 1.69 bits per heavy atom. The van der Waals surface area contributed by atoms with Crippen molar-refractivity contribution in [2.75, 3.05) is 25.0 Å². The Morgan fingerprint density at radius 1 is 1.08 bits per heavy atom. The van der Waals surface area contributed by atoms with Crippen molar-refractivity contribution in [1.29, 1.82) is 0 Å². The number of ether oxygens (including phenoxy) is 1. The first-order chi connectivity index (χ1) is 12.4. The van der Waals surface area contributed by atoms with Gasteiger partial charge in [-0.25, -0.2) is 4.79 Å². The molecule has 2 rings (SSSR count). The van der Waals surface area contributed by atoms with E-state index in [9.17, 15) is 14.4 Å². The van der Waals surface area contributed by atoms with Crippen LogP contribution >= 0.6 is 0 Å². The van der Waals surface area contributed by atoms with Crippen molar-refractivity contribution in [2.24, 2.45) is 0 Å². The lowest BCUT2D eigenvalue weighted by Crippen LogP contribution is -2.47. The zero-order valence-corrected chi connectivity index (χ0v) is 15.6. The zero-order valence-electron chi connectivity index (χ0n) is 15.6. The fourth-order valence-electron chi connectivity index (χ4n) is 3.10. The van der Waals surface area contributed by atoms with Crippen molar-refractivity contribution in [3.05, 3.63) is 29.3 Å². The van der Waals surface area contributed by atoms with Crippen molar-refractivity contribution in [3.63, 3.8) is 0 Å². The highest BCUT2D eigenvalue weighted by atomic mass is 16.6. The van der Waals surface area contributed by atoms with Gasteiger partial charge in [0.15, 0.2) is 0 Å². The van der Waals surface area contributed by atoms with Crippen LogP contribution in [0.3, 0.4) is 0 Å². The Morgan fingerprint density at radius 3 is 2.27 bits per heavy atom. The molecule has 1 fully saturated rings. The van der Waals surface area contributed by atoms with Crippen molar-refractivity contribution in [3.8, 4) is 0 Å². The predicted octanol–water partition coefficient (Wildman–Crippen LogP) is 2.37. The summed E-state index contributed by atoms with van der Waals surface area (Å²) < 4.78 is 4.97. The van der Waals surface area contributed by atoms with Crippen molar-refractivity contribution in [2.45, 2.75) is 46.1 Å². The van der Waals surface area contributed by atoms with Gasteiger partial charge >= 0.3 is 6.09 Å². The van der Waals surface area contributed by atoms with Crippen molar-refractivity contribution >= 4 is 23.6 Å². The summed E-state index contributed by atoms with van der Waals surface area (Å²) in [7, 11) is 0. The Kier molecular flexibility index (Phi) is 7.00. The lowest BCUT2D eigenvalue weighted by molar-refractivity contribution is -0.127. The minimum absolute atomic E-state index is 0.0257. The summed E-state index contributed by atoms with van der Waals surface area (Å²) in [5.41, 5.74) is 2.80. The molecule has 0 atom stereocenters. The number of hydrogen-bond donors (Lipinski definition) is 2. The van der Waals surface area contributed by atoms with Crippen LogP contribution in [0.2, 0.25) is 0 Å². The number of nitrogens with one attached hydrogen (secondary N) is 2. The smallest absolute Gasteiger partial charge is 0.409 e. The number of rotatable bonds is 5. The van der Waals surface area contributed by atoms with E-state index in [1.807, 2.05) is 32.0 Å². The molecule has 0 spiro atoms. The lowest BCUT2D eigenvalue weighted by atomic mass is 10.1. The Balaban J connectivity index is 1.75. The fourth-order valence-corrected chi connectivity index (χ4v) is 3.10. The number of aryl methyl sites for hydroxylation is 2. The molecule has 142 valence electrons. The van der Waals surface area contributed by atoms with Crippen LogP contribution in [0.15, 0.2) is 18.2 Å². The first-order valence-corrected chi connectivity index (χ1v) is 8.96. The molecule has 1 aliphatic rings. The fraction of sp³-hybridized carbons (Fsp3) is 0.526. The second kappa shape index (κ2) is 9.22. The van der Waals surface area contributed by atoms with Crippen molar-refractivity contribution in [1.82, 2.24) is 10.2 Å². The molecule has 0 radical (unpaired) electrons. The molecule has 26 heavy (non-hydrogen) atoms. The van der Waals surface area contributed by atoms with E-state index in [1.165, 1.54) is 0 Å². The largest absolute Gasteiger partial charge is 0.450 e. The lowest BCUT2D eigenvalue weighted by Gasteiger charge is -2.31. The summed E-state index contributed by atoms with van der Waals surface area (Å²) in [6, 6.07) is 5.73. The third-order valence-corrected chi connectivity index (χ3v) is 4.21. The van der Waals surface area contributed by atoms with E-state index in [1.54, 1.807) is 11.8 Å². The molecule has 0 aromatic heterocycles. The maximum atomic E-state index is 12.1. The number of benzene rings is 1. The molecule has 1 saturated heterocycles. The summed E-state index contributed by atoms with van der Waals surface area (Å²) in [4.78, 5) is 37.4. The monoisotopic (exact) mass is 361 g/mol. The first-order valence-electron chi connectivity index (χ1n) is 8.96. The van der Waals surface area contributed by atoms with Crippen LogP contribution in [-0.4, -0.2) is 48.5 Å². The molecule has 0 unspecified atom stereocenters. The van der Waals surface area contributed by atoms with E-state index < -0.39 is 0 Å². The summed E-state index contributed by atoms with van der Waals surface area (Å²) in [6.07, 6.45) is 0.780. The first kappa shape index (κ1) is 19.8.